The minimum atomic E-state index is 0.417. The van der Waals surface area contributed by atoms with E-state index in [9.17, 15) is 0 Å². The third kappa shape index (κ3) is 4.18. The Balaban J connectivity index is 1.85. The van der Waals surface area contributed by atoms with Gasteiger partial charge in [0.25, 0.3) is 0 Å². The van der Waals surface area contributed by atoms with E-state index in [1.165, 1.54) is 11.1 Å². The highest BCUT2D eigenvalue weighted by atomic mass is 32.2. The predicted octanol–water partition coefficient (Wildman–Crippen LogP) is 4.20. The summed E-state index contributed by atoms with van der Waals surface area (Å²) in [7, 11) is 0. The molecule has 0 spiro atoms. The van der Waals surface area contributed by atoms with Crippen molar-refractivity contribution in [1.82, 2.24) is 9.97 Å². The first-order valence-electron chi connectivity index (χ1n) is 7.56. The van der Waals surface area contributed by atoms with Crippen molar-refractivity contribution in [2.75, 3.05) is 0 Å². The van der Waals surface area contributed by atoms with Crippen LogP contribution in [0.4, 0.5) is 0 Å². The molecule has 0 unspecified atom stereocenters. The van der Waals surface area contributed by atoms with Crippen molar-refractivity contribution in [1.29, 1.82) is 0 Å². The molecule has 0 aliphatic rings. The maximum Gasteiger partial charge on any atom is 0.188 e. The van der Waals surface area contributed by atoms with E-state index in [1.807, 2.05) is 24.3 Å². The molecule has 0 radical (unpaired) electrons. The van der Waals surface area contributed by atoms with Crippen LogP contribution in [0.15, 0.2) is 65.8 Å². The standard InChI is InChI=1S/C19H19N3S/c1-14-7-9-16(10-8-14)18-11-17(12-20)21-19(22-18)23-13-15-5-3-2-4-6-15/h2-11H,12-13,20H2,1H3. The number of rotatable bonds is 5. The van der Waals surface area contributed by atoms with Crippen molar-refractivity contribution in [3.63, 3.8) is 0 Å². The Labute approximate surface area is 141 Å². The van der Waals surface area contributed by atoms with Gasteiger partial charge in [-0.2, -0.15) is 0 Å². The Bertz CT molecular complexity index is 770. The molecule has 2 aromatic carbocycles. The Kier molecular flexibility index (Phi) is 5.05. The van der Waals surface area contributed by atoms with Crippen LogP contribution >= 0.6 is 11.8 Å². The van der Waals surface area contributed by atoms with Gasteiger partial charge in [0.05, 0.1) is 11.4 Å². The van der Waals surface area contributed by atoms with Gasteiger partial charge >= 0.3 is 0 Å². The van der Waals surface area contributed by atoms with E-state index >= 15 is 0 Å². The van der Waals surface area contributed by atoms with E-state index in [0.29, 0.717) is 6.54 Å². The van der Waals surface area contributed by atoms with Gasteiger partial charge in [0, 0.05) is 17.9 Å². The third-order valence-corrected chi connectivity index (χ3v) is 4.44. The number of hydrogen-bond acceptors (Lipinski definition) is 4. The van der Waals surface area contributed by atoms with E-state index in [1.54, 1.807) is 11.8 Å². The minimum Gasteiger partial charge on any atom is -0.325 e. The SMILES string of the molecule is Cc1ccc(-c2cc(CN)nc(SCc3ccccc3)n2)cc1. The van der Waals surface area contributed by atoms with Crippen LogP contribution in [0.2, 0.25) is 0 Å². The molecule has 1 aromatic heterocycles. The molecule has 0 saturated carbocycles. The molecular weight excluding hydrogens is 302 g/mol. The highest BCUT2D eigenvalue weighted by Crippen LogP contribution is 2.24. The molecule has 3 aromatic rings. The number of nitrogens with zero attached hydrogens (tertiary/aromatic N) is 2. The first kappa shape index (κ1) is 15.7. The number of thioether (sulfide) groups is 1. The van der Waals surface area contributed by atoms with Crippen LogP contribution in [0.25, 0.3) is 11.3 Å². The minimum absolute atomic E-state index is 0.417. The second-order valence-electron chi connectivity index (χ2n) is 5.37. The lowest BCUT2D eigenvalue weighted by Gasteiger charge is -2.07. The number of nitrogens with two attached hydrogens (primary N) is 1. The van der Waals surface area contributed by atoms with Crippen molar-refractivity contribution >= 4 is 11.8 Å². The zero-order valence-corrected chi connectivity index (χ0v) is 13.9. The second kappa shape index (κ2) is 7.40. The summed E-state index contributed by atoms with van der Waals surface area (Å²) in [6.45, 7) is 2.50. The normalized spacial score (nSPS) is 10.7. The van der Waals surface area contributed by atoms with Crippen LogP contribution in [0.1, 0.15) is 16.8 Å². The zero-order valence-electron chi connectivity index (χ0n) is 13.1. The summed E-state index contributed by atoms with van der Waals surface area (Å²) in [6, 6.07) is 20.7. The molecule has 1 heterocycles. The molecule has 4 heteroatoms. The lowest BCUT2D eigenvalue weighted by molar-refractivity contribution is 0.878. The summed E-state index contributed by atoms with van der Waals surface area (Å²) in [5.41, 5.74) is 11.2. The van der Waals surface area contributed by atoms with Crippen molar-refractivity contribution < 1.29 is 0 Å². The van der Waals surface area contributed by atoms with E-state index in [2.05, 4.69) is 48.3 Å². The fourth-order valence-corrected chi connectivity index (χ4v) is 3.07. The molecule has 116 valence electrons. The number of hydrogen-bond donors (Lipinski definition) is 1. The van der Waals surface area contributed by atoms with Crippen LogP contribution in [0.3, 0.4) is 0 Å². The molecule has 0 fully saturated rings. The molecule has 3 rings (SSSR count). The molecule has 0 atom stereocenters. The molecule has 0 amide bonds. The maximum absolute atomic E-state index is 5.80. The topological polar surface area (TPSA) is 51.8 Å². The molecule has 0 saturated heterocycles. The molecule has 0 bridgehead atoms. The van der Waals surface area contributed by atoms with Gasteiger partial charge in [0.2, 0.25) is 0 Å². The Hall–Kier alpha value is -2.17. The molecule has 0 aliphatic heterocycles. The monoisotopic (exact) mass is 321 g/mol. The quantitative estimate of drug-likeness (QED) is 0.565. The molecule has 0 aliphatic carbocycles. The average Bonchev–Trinajstić information content (AvgIpc) is 2.61. The van der Waals surface area contributed by atoms with Crippen LogP contribution in [-0.4, -0.2) is 9.97 Å². The summed E-state index contributed by atoms with van der Waals surface area (Å²) < 4.78 is 0. The van der Waals surface area contributed by atoms with E-state index in [0.717, 1.165) is 27.9 Å². The first-order valence-corrected chi connectivity index (χ1v) is 8.55. The predicted molar refractivity (Wildman–Crippen MR) is 96.1 cm³/mol. The van der Waals surface area contributed by atoms with Crippen LogP contribution in [-0.2, 0) is 12.3 Å². The van der Waals surface area contributed by atoms with Crippen molar-refractivity contribution in [3.05, 3.63) is 77.5 Å². The highest BCUT2D eigenvalue weighted by Gasteiger charge is 2.07. The highest BCUT2D eigenvalue weighted by molar-refractivity contribution is 7.98. The smallest absolute Gasteiger partial charge is 0.188 e. The van der Waals surface area contributed by atoms with Gasteiger partial charge in [0.1, 0.15) is 0 Å². The van der Waals surface area contributed by atoms with Gasteiger partial charge in [-0.3, -0.25) is 0 Å². The number of benzene rings is 2. The number of aryl methyl sites for hydroxylation is 1. The molecule has 3 nitrogen and oxygen atoms in total. The second-order valence-corrected chi connectivity index (χ2v) is 6.31. The Morgan fingerprint density at radius 3 is 2.39 bits per heavy atom. The maximum atomic E-state index is 5.80. The Morgan fingerprint density at radius 1 is 0.957 bits per heavy atom. The largest absolute Gasteiger partial charge is 0.325 e. The lowest BCUT2D eigenvalue weighted by Crippen LogP contribution is -2.03. The van der Waals surface area contributed by atoms with Crippen LogP contribution in [0.5, 0.6) is 0 Å². The van der Waals surface area contributed by atoms with Crippen molar-refractivity contribution in [3.8, 4) is 11.3 Å². The summed E-state index contributed by atoms with van der Waals surface area (Å²) in [5.74, 6) is 0.849. The number of aromatic nitrogens is 2. The first-order chi connectivity index (χ1) is 11.2. The summed E-state index contributed by atoms with van der Waals surface area (Å²) in [4.78, 5) is 9.23. The van der Waals surface area contributed by atoms with Crippen LogP contribution in [0, 0.1) is 6.92 Å². The van der Waals surface area contributed by atoms with Crippen LogP contribution < -0.4 is 5.73 Å². The Morgan fingerprint density at radius 2 is 1.70 bits per heavy atom. The fourth-order valence-electron chi connectivity index (χ4n) is 2.24. The molecule has 23 heavy (non-hydrogen) atoms. The van der Waals surface area contributed by atoms with Gasteiger partial charge in [0.15, 0.2) is 5.16 Å². The average molecular weight is 321 g/mol. The van der Waals surface area contributed by atoms with Gasteiger partial charge in [-0.1, -0.05) is 71.9 Å². The summed E-state index contributed by atoms with van der Waals surface area (Å²) >= 11 is 1.64. The summed E-state index contributed by atoms with van der Waals surface area (Å²) in [6.07, 6.45) is 0. The van der Waals surface area contributed by atoms with Crippen molar-refractivity contribution in [2.45, 2.75) is 24.4 Å². The zero-order chi connectivity index (χ0) is 16.1. The molecule has 2 N–H and O–H groups in total. The van der Waals surface area contributed by atoms with E-state index in [4.69, 9.17) is 10.7 Å². The summed E-state index contributed by atoms with van der Waals surface area (Å²) in [5, 5.41) is 0.771. The third-order valence-electron chi connectivity index (χ3n) is 3.53. The van der Waals surface area contributed by atoms with Crippen molar-refractivity contribution in [2.24, 2.45) is 5.73 Å². The molecular formula is C19H19N3S. The van der Waals surface area contributed by atoms with E-state index < -0.39 is 0 Å². The van der Waals surface area contributed by atoms with Gasteiger partial charge in [-0.15, -0.1) is 0 Å². The van der Waals surface area contributed by atoms with E-state index in [-0.39, 0.29) is 0 Å². The fraction of sp³-hybridized carbons (Fsp3) is 0.158. The van der Waals surface area contributed by atoms with Gasteiger partial charge in [-0.25, -0.2) is 9.97 Å². The lowest BCUT2D eigenvalue weighted by atomic mass is 10.1. The van der Waals surface area contributed by atoms with Gasteiger partial charge in [-0.05, 0) is 18.6 Å². The van der Waals surface area contributed by atoms with Gasteiger partial charge < -0.3 is 5.73 Å².